The van der Waals surface area contributed by atoms with Crippen molar-refractivity contribution in [1.82, 2.24) is 19.6 Å². The third-order valence-electron chi connectivity index (χ3n) is 9.37. The van der Waals surface area contributed by atoms with Gasteiger partial charge in [-0.3, -0.25) is 14.6 Å². The van der Waals surface area contributed by atoms with Gasteiger partial charge >= 0.3 is 0 Å². The smallest absolute Gasteiger partial charge is 0.246 e. The maximum absolute atomic E-state index is 13.9. The average Bonchev–Trinajstić information content (AvgIpc) is 3.86. The van der Waals surface area contributed by atoms with Crippen LogP contribution in [0.3, 0.4) is 0 Å². The molecule has 42 heavy (non-hydrogen) atoms. The second-order valence-corrected chi connectivity index (χ2v) is 13.1. The summed E-state index contributed by atoms with van der Waals surface area (Å²) >= 11 is 1.91. The van der Waals surface area contributed by atoms with Gasteiger partial charge in [0.2, 0.25) is 5.91 Å². The van der Waals surface area contributed by atoms with Crippen LogP contribution in [0.4, 0.5) is 10.1 Å². The van der Waals surface area contributed by atoms with Gasteiger partial charge in [-0.05, 0) is 55.2 Å². The first-order valence-electron chi connectivity index (χ1n) is 15.2. The number of rotatable bonds is 5. The van der Waals surface area contributed by atoms with E-state index in [1.807, 2.05) is 28.8 Å². The Bertz CT molecular complexity index is 1440. The highest BCUT2D eigenvalue weighted by Gasteiger charge is 2.40. The van der Waals surface area contributed by atoms with Crippen molar-refractivity contribution in [3.05, 3.63) is 72.3 Å². The Morgan fingerprint density at radius 1 is 1.07 bits per heavy atom. The summed E-state index contributed by atoms with van der Waals surface area (Å²) in [5, 5.41) is 0. The number of hydrogen-bond acceptors (Lipinski definition) is 7. The SMILES string of the molecule is C=CC(=O)N1CCN(C2=NC(=C)N3c4c2cc(C)c(-c2ccc(F)cc2)c4SC[C@@H]3CN2CCN(C3CC3)CC2)CC1. The Balaban J connectivity index is 1.23. The third-order valence-corrected chi connectivity index (χ3v) is 10.6. The highest BCUT2D eigenvalue weighted by atomic mass is 32.2. The molecule has 2 aromatic carbocycles. The van der Waals surface area contributed by atoms with Crippen LogP contribution < -0.4 is 4.90 Å². The van der Waals surface area contributed by atoms with Crippen LogP contribution >= 0.6 is 11.8 Å². The van der Waals surface area contributed by atoms with E-state index >= 15 is 0 Å². The second-order valence-electron chi connectivity index (χ2n) is 12.1. The van der Waals surface area contributed by atoms with E-state index in [-0.39, 0.29) is 17.8 Å². The normalized spacial score (nSPS) is 23.1. The van der Waals surface area contributed by atoms with Gasteiger partial charge in [0, 0.05) is 86.7 Å². The summed E-state index contributed by atoms with van der Waals surface area (Å²) in [6, 6.07) is 10.2. The fourth-order valence-corrected chi connectivity index (χ4v) is 8.39. The quantitative estimate of drug-likeness (QED) is 0.484. The number of amidine groups is 1. The number of carbonyl (C=O) groups is 1. The summed E-state index contributed by atoms with van der Waals surface area (Å²) in [5.41, 5.74) is 5.64. The molecule has 4 heterocycles. The lowest BCUT2D eigenvalue weighted by molar-refractivity contribution is -0.127. The van der Waals surface area contributed by atoms with E-state index in [0.717, 1.165) is 78.4 Å². The maximum atomic E-state index is 13.9. The van der Waals surface area contributed by atoms with Crippen molar-refractivity contribution < 1.29 is 9.18 Å². The third kappa shape index (κ3) is 5.05. The van der Waals surface area contributed by atoms with E-state index in [1.54, 1.807) is 12.1 Å². The first kappa shape index (κ1) is 27.7. The van der Waals surface area contributed by atoms with Crippen LogP contribution in [0.25, 0.3) is 11.1 Å². The lowest BCUT2D eigenvalue weighted by Crippen LogP contribution is -2.55. The van der Waals surface area contributed by atoms with Crippen molar-refractivity contribution in [1.29, 1.82) is 0 Å². The number of halogens is 1. The minimum absolute atomic E-state index is 0.0232. The molecule has 0 N–H and O–H groups in total. The predicted molar refractivity (Wildman–Crippen MR) is 169 cm³/mol. The molecular weight excluding hydrogens is 547 g/mol. The molecule has 1 aliphatic carbocycles. The lowest BCUT2D eigenvalue weighted by atomic mass is 9.93. The molecule has 2 aromatic rings. The number of thioether (sulfide) groups is 1. The second kappa shape index (κ2) is 11.2. The van der Waals surface area contributed by atoms with Gasteiger partial charge in [0.05, 0.1) is 11.7 Å². The molecule has 3 fully saturated rings. The van der Waals surface area contributed by atoms with Crippen LogP contribution in [0, 0.1) is 12.7 Å². The van der Waals surface area contributed by atoms with E-state index in [2.05, 4.69) is 45.7 Å². The van der Waals surface area contributed by atoms with Crippen LogP contribution in [0.15, 0.2) is 65.3 Å². The van der Waals surface area contributed by atoms with E-state index in [1.165, 1.54) is 29.5 Å². The number of aryl methyl sites for hydroxylation is 1. The number of hydrogen-bond donors (Lipinski definition) is 0. The summed E-state index contributed by atoms with van der Waals surface area (Å²) in [4.78, 5) is 30.4. The van der Waals surface area contributed by atoms with Gasteiger partial charge in [-0.2, -0.15) is 0 Å². The Hall–Kier alpha value is -3.14. The summed E-state index contributed by atoms with van der Waals surface area (Å²) in [6.45, 7) is 18.5. The molecule has 7 nitrogen and oxygen atoms in total. The van der Waals surface area contributed by atoms with Gasteiger partial charge in [-0.15, -0.1) is 11.8 Å². The average molecular weight is 587 g/mol. The van der Waals surface area contributed by atoms with Crippen LogP contribution in [0.5, 0.6) is 0 Å². The Morgan fingerprint density at radius 2 is 1.79 bits per heavy atom. The number of anilines is 1. The Labute approximate surface area is 252 Å². The van der Waals surface area contributed by atoms with E-state index < -0.39 is 0 Å². The van der Waals surface area contributed by atoms with Gasteiger partial charge in [0.25, 0.3) is 0 Å². The highest BCUT2D eigenvalue weighted by Crippen LogP contribution is 2.50. The van der Waals surface area contributed by atoms with Crippen molar-refractivity contribution >= 4 is 29.2 Å². The molecule has 0 radical (unpaired) electrons. The largest absolute Gasteiger partial charge is 0.352 e. The molecule has 0 spiro atoms. The molecule has 2 saturated heterocycles. The molecule has 5 aliphatic rings. The van der Waals surface area contributed by atoms with Crippen LogP contribution in [0.2, 0.25) is 0 Å². The zero-order valence-electron chi connectivity index (χ0n) is 24.4. The minimum Gasteiger partial charge on any atom is -0.352 e. The molecule has 1 saturated carbocycles. The number of amides is 1. The molecule has 0 unspecified atom stereocenters. The first-order chi connectivity index (χ1) is 20.4. The molecule has 0 bridgehead atoms. The van der Waals surface area contributed by atoms with Crippen LogP contribution in [-0.2, 0) is 4.79 Å². The van der Waals surface area contributed by atoms with Gasteiger partial charge in [0.15, 0.2) is 0 Å². The van der Waals surface area contributed by atoms with Crippen molar-refractivity contribution in [2.45, 2.75) is 36.7 Å². The Morgan fingerprint density at radius 3 is 2.45 bits per heavy atom. The number of carbonyl (C=O) groups excluding carboxylic acids is 1. The number of benzene rings is 2. The van der Waals surface area contributed by atoms with Gasteiger partial charge in [0.1, 0.15) is 17.5 Å². The zero-order valence-corrected chi connectivity index (χ0v) is 25.2. The standard InChI is InChI=1S/C33H39FN6OS/c1-4-29(41)38-15-17-39(18-16-38)33-28-19-22(2)30(24-5-7-25(34)8-6-24)32-31(28)40(23(3)35-33)27(21-42-32)20-36-11-13-37(14-12-36)26-9-10-26/h4-8,19,26-27H,1,3,9-18,20-21H2,2H3/t27-/m0/s1. The Kier molecular flexibility index (Phi) is 7.36. The van der Waals surface area contributed by atoms with Crippen LogP contribution in [0.1, 0.15) is 24.0 Å². The van der Waals surface area contributed by atoms with E-state index in [0.29, 0.717) is 26.2 Å². The highest BCUT2D eigenvalue weighted by molar-refractivity contribution is 7.99. The fraction of sp³-hybridized carbons (Fsp3) is 0.455. The van der Waals surface area contributed by atoms with Crippen LogP contribution in [-0.4, -0.2) is 108 Å². The van der Waals surface area contributed by atoms with Crippen molar-refractivity contribution in [2.24, 2.45) is 4.99 Å². The maximum Gasteiger partial charge on any atom is 0.246 e. The summed E-state index contributed by atoms with van der Waals surface area (Å²) in [6.07, 6.45) is 4.12. The van der Waals surface area contributed by atoms with Crippen molar-refractivity contribution in [3.63, 3.8) is 0 Å². The minimum atomic E-state index is -0.226. The molecule has 1 atom stereocenters. The molecule has 9 heteroatoms. The fourth-order valence-electron chi connectivity index (χ4n) is 7.01. The van der Waals surface area contributed by atoms with E-state index in [4.69, 9.17) is 4.99 Å². The summed E-state index contributed by atoms with van der Waals surface area (Å²) < 4.78 is 13.9. The summed E-state index contributed by atoms with van der Waals surface area (Å²) in [5.74, 6) is 2.41. The molecule has 7 rings (SSSR count). The number of nitrogens with zero attached hydrogens (tertiary/aromatic N) is 6. The number of piperazine rings is 2. The number of aliphatic imine (C=N–C) groups is 1. The first-order valence-corrected chi connectivity index (χ1v) is 16.2. The van der Waals surface area contributed by atoms with Gasteiger partial charge in [-0.25, -0.2) is 9.38 Å². The molecule has 1 amide bonds. The van der Waals surface area contributed by atoms with Crippen molar-refractivity contribution in [2.75, 3.05) is 69.6 Å². The lowest BCUT2D eigenvalue weighted by Gasteiger charge is -2.47. The van der Waals surface area contributed by atoms with Gasteiger partial charge < -0.3 is 14.7 Å². The molecule has 0 aromatic heterocycles. The molecular formula is C33H39FN6OS. The predicted octanol–water partition coefficient (Wildman–Crippen LogP) is 4.42. The van der Waals surface area contributed by atoms with Crippen molar-refractivity contribution in [3.8, 4) is 11.1 Å². The topological polar surface area (TPSA) is 45.6 Å². The monoisotopic (exact) mass is 586 g/mol. The van der Waals surface area contributed by atoms with E-state index in [9.17, 15) is 9.18 Å². The zero-order chi connectivity index (χ0) is 29.0. The summed E-state index contributed by atoms with van der Waals surface area (Å²) in [7, 11) is 0. The molecule has 4 aliphatic heterocycles. The van der Waals surface area contributed by atoms with Gasteiger partial charge in [-0.1, -0.05) is 25.3 Å². The molecule has 220 valence electrons.